The summed E-state index contributed by atoms with van der Waals surface area (Å²) in [5.74, 6) is 3.69. The van der Waals surface area contributed by atoms with Crippen LogP contribution in [0, 0.1) is 93.9 Å². The lowest BCUT2D eigenvalue weighted by atomic mass is 9.70. The highest BCUT2D eigenvalue weighted by molar-refractivity contribution is 6.05. The smallest absolute Gasteiger partial charge is 0.0860 e. The van der Waals surface area contributed by atoms with Crippen LogP contribution in [0.15, 0.2) is 234 Å². The van der Waals surface area contributed by atoms with Gasteiger partial charge in [0.05, 0.1) is 62.3 Å². The van der Waals surface area contributed by atoms with Crippen molar-refractivity contribution in [3.63, 3.8) is 0 Å². The molecule has 5 aliphatic carbocycles. The normalized spacial score (nSPS) is 14.5. The molecule has 0 atom stereocenters. The van der Waals surface area contributed by atoms with Crippen LogP contribution in [0.4, 0.5) is 0 Å². The van der Waals surface area contributed by atoms with E-state index in [2.05, 4.69) is 346 Å². The first-order chi connectivity index (χ1) is 49.3. The number of aryl methyl sites for hydroxylation is 11. The standard InChI is InChI=1S/C102H87/c1-58-40-67(10)97(68(11)41-58)100-85-34-22-16-28-79(85)94(80-29-17-23-35-86(80)100)55-91-61(4)46-73(47-62(91)5)76-52-77(74-48-63(6)92(64(7)49-74)56-95-81-30-18-24-36-87(81)101(88-37-25-19-31-82(88)95)98-69(12)42-59(2)43-70(98)13)54-78(53-76)75-50-65(8)93(66(9)51-75)57-96-83-32-20-26-38-89(83)102(90-39-27-21-33-84(90)96)99-71(14)44-60(3)45-72(99)15/h16-18,20,22-55H,19,21H2,1-15H3/q+3. The molecule has 5 aliphatic rings. The zero-order valence-corrected chi connectivity index (χ0v) is 61.9. The fourth-order valence-corrected chi connectivity index (χ4v) is 18.1. The van der Waals surface area contributed by atoms with Crippen molar-refractivity contribution < 1.29 is 0 Å². The highest BCUT2D eigenvalue weighted by Gasteiger charge is 2.38. The zero-order valence-electron chi connectivity index (χ0n) is 61.9. The molecule has 11 aromatic rings. The Hall–Kier alpha value is -11.2. The van der Waals surface area contributed by atoms with Gasteiger partial charge < -0.3 is 0 Å². The molecule has 0 unspecified atom stereocenters. The van der Waals surface area contributed by atoms with E-state index in [1.54, 1.807) is 0 Å². The average Bonchev–Trinajstić information content (AvgIpc) is 0.743. The van der Waals surface area contributed by atoms with Crippen LogP contribution < -0.4 is 20.9 Å². The maximum Gasteiger partial charge on any atom is 0.0882 e. The Morgan fingerprint density at radius 2 is 0.716 bits per heavy atom. The number of fused-ring (bicyclic) bond motifs is 6. The van der Waals surface area contributed by atoms with Crippen molar-refractivity contribution in [3.05, 3.63) is 389 Å². The fourth-order valence-electron chi connectivity index (χ4n) is 18.1. The van der Waals surface area contributed by atoms with E-state index in [1.807, 2.05) is 0 Å². The van der Waals surface area contributed by atoms with E-state index >= 15 is 0 Å². The number of hydrogen-bond donors (Lipinski definition) is 0. The van der Waals surface area contributed by atoms with Crippen molar-refractivity contribution in [1.29, 1.82) is 0 Å². The first-order valence-electron chi connectivity index (χ1n) is 36.5. The lowest BCUT2D eigenvalue weighted by molar-refractivity contribution is 1.12. The Labute approximate surface area is 604 Å². The first-order valence-corrected chi connectivity index (χ1v) is 36.5. The SMILES string of the molecule is CC1=C[C+](c2cc(-c3cc(C)c(C=C4c5ccccc5[C+](c5c(C)cc(C)cc5C)c5ccccc54)c(C)c3)cc([C+]3C=C(C)C(=C=c4c5c(c(-c6c(C)cc(C)cc6C)c6ccccc46)C=CCC=5)C(C)=C3)c2)C=C(C)C1=C=c1c2c(c(-c3c(C)cc(C)cc3C)c3ccccc13)C=CCC=2. The third-order valence-corrected chi connectivity index (χ3v) is 22.2. The second-order valence-corrected chi connectivity index (χ2v) is 29.8. The van der Waals surface area contributed by atoms with Gasteiger partial charge in [0.25, 0.3) is 0 Å². The summed E-state index contributed by atoms with van der Waals surface area (Å²) in [5.41, 5.74) is 51.1. The fraction of sp³-hybridized carbons (Fsp3) is 0.167. The van der Waals surface area contributed by atoms with Crippen molar-refractivity contribution in [1.82, 2.24) is 0 Å². The largest absolute Gasteiger partial charge is 0.0882 e. The van der Waals surface area contributed by atoms with Crippen LogP contribution in [0.5, 0.6) is 0 Å². The molecule has 0 spiro atoms. The molecule has 16 rings (SSSR count). The summed E-state index contributed by atoms with van der Waals surface area (Å²) >= 11 is 0. The second-order valence-electron chi connectivity index (χ2n) is 29.8. The Kier molecular flexibility index (Phi) is 16.5. The van der Waals surface area contributed by atoms with Crippen molar-refractivity contribution in [2.24, 2.45) is 0 Å². The molecule has 0 N–H and O–H groups in total. The van der Waals surface area contributed by atoms with Gasteiger partial charge >= 0.3 is 0 Å². The summed E-state index contributed by atoms with van der Waals surface area (Å²) in [5, 5.41) is 9.82. The lowest BCUT2D eigenvalue weighted by Crippen LogP contribution is -2.30. The molecule has 0 saturated carbocycles. The molecular weight excluding hydrogens is 1230 g/mol. The van der Waals surface area contributed by atoms with Crippen molar-refractivity contribution in [2.75, 3.05) is 0 Å². The van der Waals surface area contributed by atoms with E-state index in [-0.39, 0.29) is 0 Å². The molecule has 0 heteroatoms. The second kappa shape index (κ2) is 25.7. The molecule has 0 aliphatic heterocycles. The monoisotopic (exact) mass is 1310 g/mol. The Morgan fingerprint density at radius 1 is 0.353 bits per heavy atom. The van der Waals surface area contributed by atoms with Gasteiger partial charge in [-0.1, -0.05) is 144 Å². The third-order valence-electron chi connectivity index (χ3n) is 22.2. The van der Waals surface area contributed by atoms with Gasteiger partial charge in [-0.05, 0) is 299 Å². The maximum atomic E-state index is 4.15. The highest BCUT2D eigenvalue weighted by atomic mass is 14.4. The van der Waals surface area contributed by atoms with Crippen LogP contribution in [-0.2, 0) is 0 Å². The summed E-state index contributed by atoms with van der Waals surface area (Å²) in [6.45, 7) is 34.0. The van der Waals surface area contributed by atoms with Gasteiger partial charge in [0, 0.05) is 103 Å². The van der Waals surface area contributed by atoms with Crippen molar-refractivity contribution in [3.8, 4) is 33.4 Å². The minimum atomic E-state index is 0.883. The molecule has 0 radical (unpaired) electrons. The van der Waals surface area contributed by atoms with E-state index in [1.165, 1.54) is 228 Å². The molecule has 0 heterocycles. The van der Waals surface area contributed by atoms with Gasteiger partial charge in [-0.2, -0.15) is 0 Å². The number of rotatable bonds is 7. The Balaban J connectivity index is 0.854. The van der Waals surface area contributed by atoms with Gasteiger partial charge in [-0.3, -0.25) is 0 Å². The predicted octanol–water partition coefficient (Wildman–Crippen LogP) is 23.4. The van der Waals surface area contributed by atoms with Crippen LogP contribution in [0.25, 0.3) is 102 Å². The van der Waals surface area contributed by atoms with Crippen LogP contribution in [0.1, 0.15) is 157 Å². The van der Waals surface area contributed by atoms with Crippen LogP contribution in [0.3, 0.4) is 0 Å². The molecule has 0 fully saturated rings. The minimum Gasteiger partial charge on any atom is -0.0860 e. The van der Waals surface area contributed by atoms with Gasteiger partial charge in [0.15, 0.2) is 0 Å². The molecule has 0 amide bonds. The summed E-state index contributed by atoms with van der Waals surface area (Å²) < 4.78 is 0. The van der Waals surface area contributed by atoms with Gasteiger partial charge in [-0.25, -0.2) is 0 Å². The van der Waals surface area contributed by atoms with Gasteiger partial charge in [0.1, 0.15) is 0 Å². The first kappa shape index (κ1) is 65.4. The maximum absolute atomic E-state index is 4.15. The van der Waals surface area contributed by atoms with Crippen LogP contribution in [0.2, 0.25) is 0 Å². The third kappa shape index (κ3) is 11.2. The molecule has 0 saturated heterocycles. The molecular formula is C102H87+3. The number of benzene rings is 11. The Morgan fingerprint density at radius 3 is 1.13 bits per heavy atom. The summed E-state index contributed by atoms with van der Waals surface area (Å²) in [4.78, 5) is 0. The van der Waals surface area contributed by atoms with Gasteiger partial charge in [0.2, 0.25) is 0 Å². The van der Waals surface area contributed by atoms with E-state index in [4.69, 9.17) is 0 Å². The molecule has 11 aromatic carbocycles. The lowest BCUT2D eigenvalue weighted by Gasteiger charge is -2.27. The topological polar surface area (TPSA) is 0 Å². The van der Waals surface area contributed by atoms with E-state index in [0.29, 0.717) is 0 Å². The van der Waals surface area contributed by atoms with E-state index < -0.39 is 0 Å². The van der Waals surface area contributed by atoms with E-state index in [9.17, 15) is 0 Å². The Bertz CT molecular complexity index is 5670. The summed E-state index contributed by atoms with van der Waals surface area (Å²) in [6, 6.07) is 62.4. The van der Waals surface area contributed by atoms with Crippen LogP contribution >= 0.6 is 0 Å². The summed E-state index contributed by atoms with van der Waals surface area (Å²) in [7, 11) is 0. The molecule has 102 heavy (non-hydrogen) atoms. The number of allylic oxidation sites excluding steroid dienone is 12. The van der Waals surface area contributed by atoms with Crippen molar-refractivity contribution >= 4 is 69.0 Å². The minimum absolute atomic E-state index is 0.883. The van der Waals surface area contributed by atoms with E-state index in [0.717, 1.165) is 34.4 Å². The zero-order chi connectivity index (χ0) is 70.7. The molecule has 0 aromatic heterocycles. The molecule has 0 bridgehead atoms. The summed E-state index contributed by atoms with van der Waals surface area (Å²) in [6.07, 6.45) is 28.1. The number of hydrogen-bond acceptors (Lipinski definition) is 0. The molecule has 0 nitrogen and oxygen atoms in total. The average molecular weight is 1310 g/mol. The predicted molar refractivity (Wildman–Crippen MR) is 438 cm³/mol. The van der Waals surface area contributed by atoms with Crippen LogP contribution in [-0.4, -0.2) is 0 Å². The van der Waals surface area contributed by atoms with Crippen molar-refractivity contribution in [2.45, 2.75) is 117 Å². The van der Waals surface area contributed by atoms with Gasteiger partial charge in [-0.15, -0.1) is 0 Å². The quantitative estimate of drug-likeness (QED) is 0.140. The molecule has 492 valence electrons. The highest BCUT2D eigenvalue weighted by Crippen LogP contribution is 2.49.